The molecule has 2 atom stereocenters. The Labute approximate surface area is 101 Å². The van der Waals surface area contributed by atoms with Crippen molar-refractivity contribution in [2.45, 2.75) is 38.8 Å². The third-order valence-electron chi connectivity index (χ3n) is 3.28. The Hall–Kier alpha value is -1.43. The first kappa shape index (κ1) is 12.0. The number of aromatic amines is 1. The Bertz CT molecular complexity index is 402. The molecule has 1 heterocycles. The van der Waals surface area contributed by atoms with Gasteiger partial charge >= 0.3 is 0 Å². The molecule has 0 aromatic carbocycles. The number of H-pyrrole nitrogens is 1. The third kappa shape index (κ3) is 2.63. The second kappa shape index (κ2) is 4.83. The second-order valence-electron chi connectivity index (χ2n) is 4.73. The summed E-state index contributed by atoms with van der Waals surface area (Å²) in [5.41, 5.74) is 5.93. The quantitative estimate of drug-likeness (QED) is 0.786. The van der Waals surface area contributed by atoms with Crippen molar-refractivity contribution in [2.75, 3.05) is 7.05 Å². The lowest BCUT2D eigenvalue weighted by Gasteiger charge is -2.22. The highest BCUT2D eigenvalue weighted by atomic mass is 16.2. The molecule has 1 aromatic heterocycles. The van der Waals surface area contributed by atoms with E-state index < -0.39 is 0 Å². The summed E-state index contributed by atoms with van der Waals surface area (Å²) >= 11 is 0. The summed E-state index contributed by atoms with van der Waals surface area (Å²) in [5.74, 6) is 1.49. The predicted octanol–water partition coefficient (Wildman–Crippen LogP) is 0.199. The minimum atomic E-state index is -0.0277. The first-order valence-corrected chi connectivity index (χ1v) is 5.96. The van der Waals surface area contributed by atoms with Gasteiger partial charge in [0.25, 0.3) is 0 Å². The maximum absolute atomic E-state index is 12.1. The molecule has 1 amide bonds. The van der Waals surface area contributed by atoms with Crippen molar-refractivity contribution in [3.63, 3.8) is 0 Å². The van der Waals surface area contributed by atoms with Gasteiger partial charge in [0.05, 0.1) is 12.5 Å². The molecule has 1 aromatic rings. The van der Waals surface area contributed by atoms with Gasteiger partial charge in [-0.2, -0.15) is 5.10 Å². The molecular formula is C11H19N5O. The number of nitrogens with two attached hydrogens (primary N) is 1. The minimum Gasteiger partial charge on any atom is -0.338 e. The second-order valence-corrected chi connectivity index (χ2v) is 4.73. The van der Waals surface area contributed by atoms with Crippen LogP contribution in [0.2, 0.25) is 0 Å². The molecule has 0 spiro atoms. The van der Waals surface area contributed by atoms with E-state index in [4.69, 9.17) is 5.73 Å². The summed E-state index contributed by atoms with van der Waals surface area (Å²) in [6.07, 6.45) is 2.90. The van der Waals surface area contributed by atoms with Crippen molar-refractivity contribution in [2.24, 2.45) is 11.7 Å². The van der Waals surface area contributed by atoms with Crippen molar-refractivity contribution in [3.05, 3.63) is 11.6 Å². The normalized spacial score (nSPS) is 23.9. The van der Waals surface area contributed by atoms with Gasteiger partial charge in [0.2, 0.25) is 5.91 Å². The largest absolute Gasteiger partial charge is 0.338 e. The molecule has 6 heteroatoms. The molecule has 2 rings (SSSR count). The monoisotopic (exact) mass is 237 g/mol. The molecule has 1 saturated carbocycles. The molecule has 17 heavy (non-hydrogen) atoms. The topological polar surface area (TPSA) is 87.9 Å². The first-order valence-electron chi connectivity index (χ1n) is 5.96. The van der Waals surface area contributed by atoms with Gasteiger partial charge in [0.15, 0.2) is 5.82 Å². The first-order chi connectivity index (χ1) is 8.08. The molecule has 0 aliphatic heterocycles. The van der Waals surface area contributed by atoms with Crippen LogP contribution >= 0.6 is 0 Å². The Kier molecular flexibility index (Phi) is 3.42. The Balaban J connectivity index is 1.95. The molecule has 2 unspecified atom stereocenters. The molecule has 3 N–H and O–H groups in total. The number of carbonyl (C=O) groups is 1. The molecular weight excluding hydrogens is 218 g/mol. The number of amides is 1. The summed E-state index contributed by atoms with van der Waals surface area (Å²) in [4.78, 5) is 18.0. The van der Waals surface area contributed by atoms with Gasteiger partial charge in [-0.15, -0.1) is 0 Å². The summed E-state index contributed by atoms with van der Waals surface area (Å²) < 4.78 is 0. The van der Waals surface area contributed by atoms with Crippen LogP contribution in [0.5, 0.6) is 0 Å². The third-order valence-corrected chi connectivity index (χ3v) is 3.28. The number of rotatable bonds is 3. The van der Waals surface area contributed by atoms with Gasteiger partial charge < -0.3 is 10.6 Å². The number of carbonyl (C=O) groups excluding carboxylic acids is 1. The van der Waals surface area contributed by atoms with Gasteiger partial charge in [0, 0.05) is 13.1 Å². The van der Waals surface area contributed by atoms with Crippen molar-refractivity contribution < 1.29 is 4.79 Å². The number of nitrogens with zero attached hydrogens (tertiary/aromatic N) is 3. The Morgan fingerprint density at radius 1 is 1.59 bits per heavy atom. The van der Waals surface area contributed by atoms with Gasteiger partial charge in [-0.1, -0.05) is 6.42 Å². The van der Waals surface area contributed by atoms with Crippen LogP contribution in [0.15, 0.2) is 0 Å². The number of aryl methyl sites for hydroxylation is 1. The van der Waals surface area contributed by atoms with Gasteiger partial charge in [-0.3, -0.25) is 9.89 Å². The fourth-order valence-corrected chi connectivity index (χ4v) is 2.33. The van der Waals surface area contributed by atoms with Gasteiger partial charge in [-0.25, -0.2) is 4.98 Å². The van der Waals surface area contributed by atoms with E-state index in [9.17, 15) is 4.79 Å². The molecule has 1 aliphatic carbocycles. The zero-order chi connectivity index (χ0) is 12.4. The van der Waals surface area contributed by atoms with E-state index in [0.717, 1.165) is 25.1 Å². The lowest BCUT2D eigenvalue weighted by atomic mass is 10.0. The van der Waals surface area contributed by atoms with Crippen LogP contribution in [0.25, 0.3) is 0 Å². The van der Waals surface area contributed by atoms with E-state index in [2.05, 4.69) is 15.2 Å². The van der Waals surface area contributed by atoms with Crippen LogP contribution in [0, 0.1) is 12.8 Å². The average Bonchev–Trinajstić information content (AvgIpc) is 2.86. The fraction of sp³-hybridized carbons (Fsp3) is 0.727. The lowest BCUT2D eigenvalue weighted by molar-refractivity contribution is -0.135. The molecule has 6 nitrogen and oxygen atoms in total. The summed E-state index contributed by atoms with van der Waals surface area (Å²) in [6, 6.07) is 0.0128. The van der Waals surface area contributed by atoms with E-state index in [-0.39, 0.29) is 17.9 Å². The lowest BCUT2D eigenvalue weighted by Crippen LogP contribution is -2.39. The summed E-state index contributed by atoms with van der Waals surface area (Å²) in [5, 5.41) is 6.79. The Morgan fingerprint density at radius 2 is 2.35 bits per heavy atom. The highest BCUT2D eigenvalue weighted by molar-refractivity contribution is 5.79. The Morgan fingerprint density at radius 3 is 2.88 bits per heavy atom. The van der Waals surface area contributed by atoms with Gasteiger partial charge in [-0.05, 0) is 19.8 Å². The van der Waals surface area contributed by atoms with E-state index in [0.29, 0.717) is 12.4 Å². The van der Waals surface area contributed by atoms with Crippen LogP contribution in [0.4, 0.5) is 0 Å². The van der Waals surface area contributed by atoms with Crippen molar-refractivity contribution >= 4 is 5.91 Å². The smallest absolute Gasteiger partial charge is 0.227 e. The van der Waals surface area contributed by atoms with E-state index in [1.807, 2.05) is 6.92 Å². The summed E-state index contributed by atoms with van der Waals surface area (Å²) in [6.45, 7) is 2.28. The van der Waals surface area contributed by atoms with Crippen molar-refractivity contribution in [1.82, 2.24) is 20.1 Å². The van der Waals surface area contributed by atoms with Crippen molar-refractivity contribution in [3.8, 4) is 0 Å². The summed E-state index contributed by atoms with van der Waals surface area (Å²) in [7, 11) is 1.78. The van der Waals surface area contributed by atoms with E-state index >= 15 is 0 Å². The molecule has 0 saturated heterocycles. The molecule has 0 bridgehead atoms. The van der Waals surface area contributed by atoms with E-state index in [1.165, 1.54) is 0 Å². The molecule has 1 fully saturated rings. The van der Waals surface area contributed by atoms with Crippen LogP contribution in [0.1, 0.15) is 30.9 Å². The maximum Gasteiger partial charge on any atom is 0.227 e. The van der Waals surface area contributed by atoms with Crippen LogP contribution in [-0.2, 0) is 11.3 Å². The van der Waals surface area contributed by atoms with Crippen LogP contribution < -0.4 is 5.73 Å². The highest BCUT2D eigenvalue weighted by Gasteiger charge is 2.32. The van der Waals surface area contributed by atoms with E-state index in [1.54, 1.807) is 11.9 Å². The number of hydrogen-bond acceptors (Lipinski definition) is 4. The predicted molar refractivity (Wildman–Crippen MR) is 62.9 cm³/mol. The average molecular weight is 237 g/mol. The number of aromatic nitrogens is 3. The number of hydrogen-bond donors (Lipinski definition) is 2. The fourth-order valence-electron chi connectivity index (χ4n) is 2.33. The van der Waals surface area contributed by atoms with Crippen LogP contribution in [-0.4, -0.2) is 39.1 Å². The maximum atomic E-state index is 12.1. The zero-order valence-electron chi connectivity index (χ0n) is 10.3. The molecule has 94 valence electrons. The highest BCUT2D eigenvalue weighted by Crippen LogP contribution is 2.25. The standard InChI is InChI=1S/C11H19N5O/c1-7-13-10(15-14-7)6-16(2)11(17)8-4-3-5-9(8)12/h8-9H,3-6,12H2,1-2H3,(H,13,14,15). The SMILES string of the molecule is Cc1nc(CN(C)C(=O)C2CCCC2N)n[nH]1. The molecule has 1 aliphatic rings. The van der Waals surface area contributed by atoms with Crippen LogP contribution in [0.3, 0.4) is 0 Å². The number of nitrogens with one attached hydrogen (secondary N) is 1. The minimum absolute atomic E-state index is 0.0128. The van der Waals surface area contributed by atoms with Crippen molar-refractivity contribution in [1.29, 1.82) is 0 Å². The van der Waals surface area contributed by atoms with Gasteiger partial charge in [0.1, 0.15) is 5.82 Å². The zero-order valence-corrected chi connectivity index (χ0v) is 10.3. The molecule has 0 radical (unpaired) electrons.